The van der Waals surface area contributed by atoms with Gasteiger partial charge in [0.15, 0.2) is 0 Å². The lowest BCUT2D eigenvalue weighted by Gasteiger charge is -2.28. The van der Waals surface area contributed by atoms with Gasteiger partial charge in [-0.1, -0.05) is 18.2 Å². The van der Waals surface area contributed by atoms with E-state index in [0.717, 1.165) is 50.8 Å². The molecule has 6 nitrogen and oxygen atoms in total. The summed E-state index contributed by atoms with van der Waals surface area (Å²) in [6.07, 6.45) is 4.95. The number of H-pyrrole nitrogens is 1. The van der Waals surface area contributed by atoms with E-state index in [0.29, 0.717) is 0 Å². The summed E-state index contributed by atoms with van der Waals surface area (Å²) >= 11 is 0. The highest BCUT2D eigenvalue weighted by molar-refractivity contribution is 5.85. The number of hydrogen-bond donors (Lipinski definition) is 2. The van der Waals surface area contributed by atoms with Gasteiger partial charge in [0.05, 0.1) is 19.3 Å². The van der Waals surface area contributed by atoms with Crippen molar-refractivity contribution in [2.45, 2.75) is 12.5 Å². The van der Waals surface area contributed by atoms with Crippen molar-refractivity contribution in [1.29, 1.82) is 0 Å². The van der Waals surface area contributed by atoms with E-state index in [9.17, 15) is 0 Å². The van der Waals surface area contributed by atoms with Gasteiger partial charge >= 0.3 is 0 Å². The Labute approximate surface area is 146 Å². The molecule has 0 radical (unpaired) electrons. The topological polar surface area (TPSA) is 66.1 Å². The first kappa shape index (κ1) is 14.9. The van der Waals surface area contributed by atoms with Crippen LogP contribution < -0.4 is 10.2 Å². The minimum atomic E-state index is 0.120. The number of anilines is 1. The first-order valence-electron chi connectivity index (χ1n) is 8.87. The Morgan fingerprint density at radius 1 is 1.08 bits per heavy atom. The maximum atomic E-state index is 5.40. The molecule has 0 amide bonds. The van der Waals surface area contributed by atoms with Crippen LogP contribution in [0.15, 0.2) is 36.7 Å². The molecule has 4 heterocycles. The molecule has 2 aliphatic rings. The second kappa shape index (κ2) is 6.13. The normalized spacial score (nSPS) is 20.6. The van der Waals surface area contributed by atoms with Gasteiger partial charge in [0.1, 0.15) is 0 Å². The van der Waals surface area contributed by atoms with E-state index in [1.807, 2.05) is 12.4 Å². The van der Waals surface area contributed by atoms with Crippen molar-refractivity contribution in [2.75, 3.05) is 37.7 Å². The average molecular weight is 335 g/mol. The Bertz CT molecular complexity index is 882. The smallest absolute Gasteiger partial charge is 0.225 e. The van der Waals surface area contributed by atoms with Crippen molar-refractivity contribution >= 4 is 16.9 Å². The number of morpholine rings is 1. The van der Waals surface area contributed by atoms with E-state index < -0.39 is 0 Å². The molecule has 1 fully saturated rings. The molecule has 3 aromatic rings. The van der Waals surface area contributed by atoms with Crippen LogP contribution in [0.4, 0.5) is 5.95 Å². The lowest BCUT2D eigenvalue weighted by Crippen LogP contribution is -2.37. The average Bonchev–Trinajstić information content (AvgIpc) is 3.08. The minimum absolute atomic E-state index is 0.120. The minimum Gasteiger partial charge on any atom is -0.378 e. The molecule has 25 heavy (non-hydrogen) atoms. The molecular weight excluding hydrogens is 314 g/mol. The Hall–Kier alpha value is -2.44. The summed E-state index contributed by atoms with van der Waals surface area (Å²) in [5.74, 6) is 0.791. The van der Waals surface area contributed by atoms with Gasteiger partial charge < -0.3 is 19.9 Å². The standard InChI is InChI=1S/C19H21N5O/c1-2-4-16-14(3-1)15-5-6-20-17(18(15)23-16)13-11-21-19(22-12-13)24-7-9-25-10-8-24/h1-4,11-12,17,20,23H,5-10H2. The zero-order valence-electron chi connectivity index (χ0n) is 14.0. The maximum Gasteiger partial charge on any atom is 0.225 e. The molecular formula is C19H21N5O. The molecule has 2 aromatic heterocycles. The molecule has 1 aromatic carbocycles. The highest BCUT2D eigenvalue weighted by Crippen LogP contribution is 2.33. The lowest BCUT2D eigenvalue weighted by molar-refractivity contribution is 0.122. The zero-order valence-corrected chi connectivity index (χ0v) is 14.0. The molecule has 128 valence electrons. The predicted molar refractivity (Wildman–Crippen MR) is 96.9 cm³/mol. The summed E-state index contributed by atoms with van der Waals surface area (Å²) in [5, 5.41) is 4.94. The molecule has 6 heteroatoms. The van der Waals surface area contributed by atoms with Crippen LogP contribution >= 0.6 is 0 Å². The number of rotatable bonds is 2. The van der Waals surface area contributed by atoms with Gasteiger partial charge in [-0.25, -0.2) is 9.97 Å². The molecule has 1 unspecified atom stereocenters. The van der Waals surface area contributed by atoms with Crippen LogP contribution in [-0.4, -0.2) is 47.8 Å². The Kier molecular flexibility index (Phi) is 3.64. The number of benzene rings is 1. The summed E-state index contributed by atoms with van der Waals surface area (Å²) in [7, 11) is 0. The third-order valence-electron chi connectivity index (χ3n) is 5.14. The summed E-state index contributed by atoms with van der Waals surface area (Å²) < 4.78 is 5.40. The highest BCUT2D eigenvalue weighted by Gasteiger charge is 2.26. The van der Waals surface area contributed by atoms with Gasteiger partial charge in [0, 0.05) is 54.2 Å². The van der Waals surface area contributed by atoms with Crippen LogP contribution in [0, 0.1) is 0 Å². The zero-order chi connectivity index (χ0) is 16.6. The molecule has 2 N–H and O–H groups in total. The van der Waals surface area contributed by atoms with Crippen LogP contribution in [0.2, 0.25) is 0 Å². The number of aromatic nitrogens is 3. The number of ether oxygens (including phenoxy) is 1. The number of para-hydroxylation sites is 1. The number of hydrogen-bond acceptors (Lipinski definition) is 5. The second-order valence-corrected chi connectivity index (χ2v) is 6.62. The largest absolute Gasteiger partial charge is 0.378 e. The first-order chi connectivity index (χ1) is 12.4. The maximum absolute atomic E-state index is 5.40. The Balaban J connectivity index is 1.48. The fourth-order valence-electron chi connectivity index (χ4n) is 3.87. The molecule has 0 saturated carbocycles. The van der Waals surface area contributed by atoms with E-state index in [1.165, 1.54) is 22.2 Å². The SMILES string of the molecule is c1ccc2c3c([nH]c2c1)C(c1cnc(N2CCOCC2)nc1)NCC3. The van der Waals surface area contributed by atoms with E-state index in [2.05, 4.69) is 49.4 Å². The van der Waals surface area contributed by atoms with E-state index in [1.54, 1.807) is 0 Å². The van der Waals surface area contributed by atoms with E-state index >= 15 is 0 Å². The first-order valence-corrected chi connectivity index (χ1v) is 8.87. The molecule has 5 rings (SSSR count). The fraction of sp³-hybridized carbons (Fsp3) is 0.368. The predicted octanol–water partition coefficient (Wildman–Crippen LogP) is 2.03. The monoisotopic (exact) mass is 335 g/mol. The number of nitrogens with one attached hydrogen (secondary N) is 2. The second-order valence-electron chi connectivity index (χ2n) is 6.62. The number of aromatic amines is 1. The van der Waals surface area contributed by atoms with Crippen LogP contribution in [0.1, 0.15) is 22.9 Å². The van der Waals surface area contributed by atoms with Crippen molar-refractivity contribution < 1.29 is 4.74 Å². The number of nitrogens with zero attached hydrogens (tertiary/aromatic N) is 3. The highest BCUT2D eigenvalue weighted by atomic mass is 16.5. The molecule has 1 saturated heterocycles. The van der Waals surface area contributed by atoms with Crippen molar-refractivity contribution in [3.05, 3.63) is 53.5 Å². The van der Waals surface area contributed by atoms with Crippen molar-refractivity contribution in [3.8, 4) is 0 Å². The summed E-state index contributed by atoms with van der Waals surface area (Å²) in [5.41, 5.74) is 4.96. The van der Waals surface area contributed by atoms with Crippen LogP contribution in [0.25, 0.3) is 10.9 Å². The van der Waals surface area contributed by atoms with Crippen molar-refractivity contribution in [3.63, 3.8) is 0 Å². The molecule has 0 aliphatic carbocycles. The summed E-state index contributed by atoms with van der Waals surface area (Å²) in [6, 6.07) is 8.64. The Morgan fingerprint density at radius 3 is 2.72 bits per heavy atom. The Morgan fingerprint density at radius 2 is 1.88 bits per heavy atom. The van der Waals surface area contributed by atoms with Crippen LogP contribution in [0.5, 0.6) is 0 Å². The van der Waals surface area contributed by atoms with Gasteiger partial charge in [-0.3, -0.25) is 0 Å². The van der Waals surface area contributed by atoms with Gasteiger partial charge in [0.2, 0.25) is 5.95 Å². The molecule has 0 bridgehead atoms. The number of fused-ring (bicyclic) bond motifs is 3. The lowest BCUT2D eigenvalue weighted by atomic mass is 9.96. The van der Waals surface area contributed by atoms with Crippen molar-refractivity contribution in [2.24, 2.45) is 0 Å². The van der Waals surface area contributed by atoms with Gasteiger partial charge in [-0.2, -0.15) is 0 Å². The molecule has 2 aliphatic heterocycles. The molecule has 0 spiro atoms. The van der Waals surface area contributed by atoms with Gasteiger partial charge in [-0.15, -0.1) is 0 Å². The van der Waals surface area contributed by atoms with E-state index in [4.69, 9.17) is 4.74 Å². The third-order valence-corrected chi connectivity index (χ3v) is 5.14. The van der Waals surface area contributed by atoms with Gasteiger partial charge in [-0.05, 0) is 18.1 Å². The van der Waals surface area contributed by atoms with Gasteiger partial charge in [0.25, 0.3) is 0 Å². The molecule has 1 atom stereocenters. The van der Waals surface area contributed by atoms with E-state index in [-0.39, 0.29) is 6.04 Å². The van der Waals surface area contributed by atoms with Crippen LogP contribution in [-0.2, 0) is 11.2 Å². The quantitative estimate of drug-likeness (QED) is 0.750. The van der Waals surface area contributed by atoms with Crippen molar-refractivity contribution in [1.82, 2.24) is 20.3 Å². The van der Waals surface area contributed by atoms with Crippen LogP contribution in [0.3, 0.4) is 0 Å². The summed E-state index contributed by atoms with van der Waals surface area (Å²) in [4.78, 5) is 15.0. The fourth-order valence-corrected chi connectivity index (χ4v) is 3.87. The third kappa shape index (κ3) is 2.58. The summed E-state index contributed by atoms with van der Waals surface area (Å²) in [6.45, 7) is 4.16.